The summed E-state index contributed by atoms with van der Waals surface area (Å²) in [7, 11) is 0. The van der Waals surface area contributed by atoms with E-state index in [1.165, 1.54) is 27.8 Å². The van der Waals surface area contributed by atoms with Crippen molar-refractivity contribution in [2.24, 2.45) is 0 Å². The van der Waals surface area contributed by atoms with Crippen LogP contribution in [0.1, 0.15) is 27.8 Å². The van der Waals surface area contributed by atoms with E-state index < -0.39 is 0 Å². The van der Waals surface area contributed by atoms with Crippen molar-refractivity contribution in [3.8, 4) is 0 Å². The summed E-state index contributed by atoms with van der Waals surface area (Å²) < 4.78 is 0. The molecule has 0 aromatic heterocycles. The minimum atomic E-state index is 0. The summed E-state index contributed by atoms with van der Waals surface area (Å²) in [6.07, 6.45) is 0. The van der Waals surface area contributed by atoms with Gasteiger partial charge < -0.3 is 0 Å². The second-order valence-corrected chi connectivity index (χ2v) is 4.29. The first kappa shape index (κ1) is 15.2. The van der Waals surface area contributed by atoms with Crippen molar-refractivity contribution in [3.05, 3.63) is 58.1 Å². The van der Waals surface area contributed by atoms with E-state index >= 15 is 0 Å². The minimum Gasteiger partial charge on any atom is -0.211 e. The van der Waals surface area contributed by atoms with Crippen molar-refractivity contribution >= 4 is 0 Å². The van der Waals surface area contributed by atoms with Gasteiger partial charge in [0.05, 0.1) is 0 Å². The maximum Gasteiger partial charge on any atom is 2.00 e. The molecule has 88 valence electrons. The predicted octanol–water partition coefficient (Wildman–Crippen LogP) is 4.35. The number of hydrogen-bond acceptors (Lipinski definition) is 0. The first-order valence-electron chi connectivity index (χ1n) is 5.40. The second-order valence-electron chi connectivity index (χ2n) is 4.29. The minimum absolute atomic E-state index is 0. The Balaban J connectivity index is 0.000000267. The summed E-state index contributed by atoms with van der Waals surface area (Å²) in [5, 5.41) is 0. The molecule has 0 saturated carbocycles. The molecule has 1 heteroatoms. The molecular formula is C15H20Fe. The van der Waals surface area contributed by atoms with Gasteiger partial charge in [-0.05, 0) is 0 Å². The summed E-state index contributed by atoms with van der Waals surface area (Å²) in [5.74, 6) is 0. The monoisotopic (exact) mass is 256 g/mol. The molecule has 0 amide bonds. The first-order valence-corrected chi connectivity index (χ1v) is 5.40. The Hall–Kier alpha value is -0.781. The van der Waals surface area contributed by atoms with Gasteiger partial charge in [0.1, 0.15) is 0 Å². The van der Waals surface area contributed by atoms with E-state index in [0.717, 1.165) is 0 Å². The Bertz CT molecular complexity index is 382. The zero-order valence-electron chi connectivity index (χ0n) is 10.7. The topological polar surface area (TPSA) is 0 Å². The van der Waals surface area contributed by atoms with Gasteiger partial charge in [-0.15, -0.1) is 0 Å². The molecule has 2 aromatic rings. The average molecular weight is 256 g/mol. The van der Waals surface area contributed by atoms with E-state index in [2.05, 4.69) is 65.0 Å². The molecular weight excluding hydrogens is 236 g/mol. The fourth-order valence-corrected chi connectivity index (χ4v) is 1.53. The predicted molar refractivity (Wildman–Crippen MR) is 67.8 cm³/mol. The second kappa shape index (κ2) is 6.73. The van der Waals surface area contributed by atoms with Crippen LogP contribution in [0.25, 0.3) is 0 Å². The standard InChI is InChI=1S/C8H11.C7H9.Fe/c1-6-4-5-7(2)8(6)3;1-6-3-4-7(2)5-6;/h4-5H,1-3H3;3-5H,1-2H3;/q2*-1;+2. The van der Waals surface area contributed by atoms with Gasteiger partial charge in [-0.2, -0.15) is 40.5 Å². The van der Waals surface area contributed by atoms with Gasteiger partial charge in [0.25, 0.3) is 0 Å². The summed E-state index contributed by atoms with van der Waals surface area (Å²) in [6.45, 7) is 10.6. The van der Waals surface area contributed by atoms with Crippen LogP contribution in [0.3, 0.4) is 0 Å². The van der Waals surface area contributed by atoms with Crippen molar-refractivity contribution in [1.82, 2.24) is 0 Å². The molecule has 0 spiro atoms. The molecule has 0 radical (unpaired) electrons. The van der Waals surface area contributed by atoms with Crippen LogP contribution in [-0.2, 0) is 17.1 Å². The zero-order chi connectivity index (χ0) is 11.4. The molecule has 0 fully saturated rings. The van der Waals surface area contributed by atoms with E-state index in [1.54, 1.807) is 0 Å². The first-order chi connectivity index (χ1) is 7.00. The molecule has 0 aliphatic rings. The maximum atomic E-state index is 2.17. The molecule has 0 bridgehead atoms. The van der Waals surface area contributed by atoms with Gasteiger partial charge in [0.2, 0.25) is 0 Å². The Morgan fingerprint density at radius 1 is 0.938 bits per heavy atom. The molecule has 0 N–H and O–H groups in total. The third kappa shape index (κ3) is 4.38. The third-order valence-corrected chi connectivity index (χ3v) is 2.83. The average Bonchev–Trinajstić information content (AvgIpc) is 2.68. The van der Waals surface area contributed by atoms with E-state index in [-0.39, 0.29) is 17.1 Å². The molecule has 16 heavy (non-hydrogen) atoms. The van der Waals surface area contributed by atoms with Gasteiger partial charge in [-0.25, -0.2) is 17.7 Å². The SMILES string of the molecule is Cc1cc[c-](C)c1.Cc1cc[c-](C)c1C.[Fe+2]. The number of rotatable bonds is 0. The van der Waals surface area contributed by atoms with Crippen molar-refractivity contribution in [3.63, 3.8) is 0 Å². The van der Waals surface area contributed by atoms with Crippen LogP contribution in [0, 0.1) is 34.6 Å². The van der Waals surface area contributed by atoms with Crippen LogP contribution in [-0.4, -0.2) is 0 Å². The Kier molecular flexibility index (Phi) is 6.40. The fourth-order valence-electron chi connectivity index (χ4n) is 1.53. The van der Waals surface area contributed by atoms with Crippen molar-refractivity contribution < 1.29 is 17.1 Å². The van der Waals surface area contributed by atoms with Crippen molar-refractivity contribution in [2.45, 2.75) is 34.6 Å². The summed E-state index contributed by atoms with van der Waals surface area (Å²) in [6, 6.07) is 10.7. The molecule has 2 aromatic carbocycles. The van der Waals surface area contributed by atoms with Gasteiger partial charge in [0, 0.05) is 0 Å². The fraction of sp³-hybridized carbons (Fsp3) is 0.333. The smallest absolute Gasteiger partial charge is 0.211 e. The quantitative estimate of drug-likeness (QED) is 0.485. The van der Waals surface area contributed by atoms with Crippen LogP contribution in [0.15, 0.2) is 30.3 Å². The Morgan fingerprint density at radius 3 is 1.69 bits per heavy atom. The number of aryl methyl sites for hydroxylation is 4. The van der Waals surface area contributed by atoms with Crippen LogP contribution < -0.4 is 0 Å². The molecule has 0 heterocycles. The molecule has 2 rings (SSSR count). The maximum absolute atomic E-state index is 2.17. The van der Waals surface area contributed by atoms with Gasteiger partial charge in [-0.3, -0.25) is 0 Å². The van der Waals surface area contributed by atoms with E-state index in [4.69, 9.17) is 0 Å². The van der Waals surface area contributed by atoms with Gasteiger partial charge in [0.15, 0.2) is 0 Å². The van der Waals surface area contributed by atoms with E-state index in [0.29, 0.717) is 0 Å². The summed E-state index contributed by atoms with van der Waals surface area (Å²) >= 11 is 0. The molecule has 0 nitrogen and oxygen atoms in total. The number of hydrogen-bond donors (Lipinski definition) is 0. The van der Waals surface area contributed by atoms with E-state index in [9.17, 15) is 0 Å². The molecule has 0 aliphatic carbocycles. The Morgan fingerprint density at radius 2 is 1.56 bits per heavy atom. The zero-order valence-corrected chi connectivity index (χ0v) is 11.8. The van der Waals surface area contributed by atoms with Crippen molar-refractivity contribution in [2.75, 3.05) is 0 Å². The molecule has 0 unspecified atom stereocenters. The summed E-state index contributed by atoms with van der Waals surface area (Å²) in [5.41, 5.74) is 6.96. The van der Waals surface area contributed by atoms with Crippen LogP contribution in [0.5, 0.6) is 0 Å². The largest absolute Gasteiger partial charge is 2.00 e. The molecule has 0 aliphatic heterocycles. The molecule has 0 atom stereocenters. The van der Waals surface area contributed by atoms with Gasteiger partial charge in [-0.1, -0.05) is 34.6 Å². The third-order valence-electron chi connectivity index (χ3n) is 2.83. The van der Waals surface area contributed by atoms with Crippen molar-refractivity contribution in [1.29, 1.82) is 0 Å². The van der Waals surface area contributed by atoms with Crippen LogP contribution in [0.4, 0.5) is 0 Å². The molecule has 0 saturated heterocycles. The normalized spacial score (nSPS) is 9.06. The van der Waals surface area contributed by atoms with Crippen LogP contribution in [0.2, 0.25) is 0 Å². The van der Waals surface area contributed by atoms with Gasteiger partial charge >= 0.3 is 17.1 Å². The van der Waals surface area contributed by atoms with Crippen LogP contribution >= 0.6 is 0 Å². The van der Waals surface area contributed by atoms with E-state index in [1.807, 2.05) is 0 Å². The Labute approximate surface area is 110 Å². The summed E-state index contributed by atoms with van der Waals surface area (Å²) in [4.78, 5) is 0.